The number of nitrogens with zero attached hydrogens (tertiary/aromatic N) is 2. The first-order chi connectivity index (χ1) is 9.01. The molecule has 0 unspecified atom stereocenters. The molecule has 0 aliphatic rings. The summed E-state index contributed by atoms with van der Waals surface area (Å²) in [5.41, 5.74) is 0.734. The number of furan rings is 1. The fraction of sp³-hybridized carbons (Fsp3) is 0.273. The molecule has 2 rings (SSSR count). The highest BCUT2D eigenvalue weighted by atomic mass is 32.1. The monoisotopic (exact) mass is 281 g/mol. The molecule has 0 saturated carbocycles. The molecule has 0 aliphatic carbocycles. The van der Waals surface area contributed by atoms with Crippen molar-refractivity contribution in [2.75, 3.05) is 5.32 Å². The lowest BCUT2D eigenvalue weighted by molar-refractivity contribution is -0.401. The molecular formula is C11H11N3O4S. The van der Waals surface area contributed by atoms with Crippen molar-refractivity contribution in [2.45, 2.75) is 20.3 Å². The van der Waals surface area contributed by atoms with Crippen LogP contribution in [0.5, 0.6) is 0 Å². The molecule has 7 nitrogen and oxygen atoms in total. The summed E-state index contributed by atoms with van der Waals surface area (Å²) in [5, 5.41) is 13.6. The van der Waals surface area contributed by atoms with Gasteiger partial charge in [0.2, 0.25) is 5.91 Å². The maximum Gasteiger partial charge on any atom is 0.433 e. The molecule has 8 heteroatoms. The van der Waals surface area contributed by atoms with E-state index in [9.17, 15) is 14.9 Å². The van der Waals surface area contributed by atoms with E-state index in [1.165, 1.54) is 30.4 Å². The van der Waals surface area contributed by atoms with Crippen molar-refractivity contribution in [3.8, 4) is 10.6 Å². The largest absolute Gasteiger partial charge is 0.433 e. The topological polar surface area (TPSA) is 98.3 Å². The summed E-state index contributed by atoms with van der Waals surface area (Å²) in [7, 11) is 0. The van der Waals surface area contributed by atoms with Crippen LogP contribution in [0.15, 0.2) is 16.5 Å². The Morgan fingerprint density at radius 2 is 2.32 bits per heavy atom. The zero-order valence-corrected chi connectivity index (χ0v) is 11.1. The van der Waals surface area contributed by atoms with E-state index in [4.69, 9.17) is 4.42 Å². The molecule has 0 spiro atoms. The van der Waals surface area contributed by atoms with Gasteiger partial charge < -0.3 is 9.73 Å². The molecule has 2 heterocycles. The first-order valence-corrected chi connectivity index (χ1v) is 6.34. The third-order valence-electron chi connectivity index (χ3n) is 2.31. The number of hydrogen-bond donors (Lipinski definition) is 1. The standard InChI is InChI=1S/C11H11N3O4S/c1-3-7-10(19-11(13-7)12-6(2)15)8-4-5-9(18-8)14(16)17/h4-5H,3H2,1-2H3,(H,12,13,15). The van der Waals surface area contributed by atoms with Gasteiger partial charge in [-0.05, 0) is 12.5 Å². The highest BCUT2D eigenvalue weighted by Crippen LogP contribution is 2.35. The number of amides is 1. The molecule has 2 aromatic rings. The molecule has 0 bridgehead atoms. The zero-order chi connectivity index (χ0) is 14.0. The molecule has 100 valence electrons. The highest BCUT2D eigenvalue weighted by Gasteiger charge is 2.19. The van der Waals surface area contributed by atoms with Gasteiger partial charge in [-0.15, -0.1) is 0 Å². The van der Waals surface area contributed by atoms with Crippen LogP contribution in [0.1, 0.15) is 19.5 Å². The maximum atomic E-state index is 11.0. The first kappa shape index (κ1) is 13.2. The van der Waals surface area contributed by atoms with E-state index in [1.54, 1.807) is 0 Å². The van der Waals surface area contributed by atoms with Gasteiger partial charge in [-0.25, -0.2) is 4.98 Å². The Hall–Kier alpha value is -2.22. The quantitative estimate of drug-likeness (QED) is 0.686. The minimum atomic E-state index is -0.592. The number of aryl methyl sites for hydroxylation is 1. The highest BCUT2D eigenvalue weighted by molar-refractivity contribution is 7.19. The summed E-state index contributed by atoms with van der Waals surface area (Å²) >= 11 is 1.23. The van der Waals surface area contributed by atoms with Crippen molar-refractivity contribution in [3.05, 3.63) is 27.9 Å². The van der Waals surface area contributed by atoms with Crippen LogP contribution in [0.4, 0.5) is 11.0 Å². The molecular weight excluding hydrogens is 270 g/mol. The first-order valence-electron chi connectivity index (χ1n) is 5.53. The lowest BCUT2D eigenvalue weighted by Gasteiger charge is -1.93. The maximum absolute atomic E-state index is 11.0. The number of thiazole rings is 1. The lowest BCUT2D eigenvalue weighted by Crippen LogP contribution is -2.05. The molecule has 1 amide bonds. The molecule has 0 saturated heterocycles. The predicted molar refractivity (Wildman–Crippen MR) is 70.2 cm³/mol. The Bertz CT molecular complexity index is 632. The fourth-order valence-electron chi connectivity index (χ4n) is 1.54. The van der Waals surface area contributed by atoms with Crippen LogP contribution < -0.4 is 5.32 Å². The lowest BCUT2D eigenvalue weighted by atomic mass is 10.2. The number of anilines is 1. The van der Waals surface area contributed by atoms with Gasteiger partial charge in [0.1, 0.15) is 4.92 Å². The second-order valence-corrected chi connectivity index (χ2v) is 4.72. The predicted octanol–water partition coefficient (Wildman–Crippen LogP) is 2.83. The number of carbonyl (C=O) groups excluding carboxylic acids is 1. The second kappa shape index (κ2) is 5.19. The van der Waals surface area contributed by atoms with E-state index in [0.717, 1.165) is 5.69 Å². The summed E-state index contributed by atoms with van der Waals surface area (Å²) < 4.78 is 5.15. The van der Waals surface area contributed by atoms with Crippen molar-refractivity contribution in [1.29, 1.82) is 0 Å². The van der Waals surface area contributed by atoms with E-state index in [-0.39, 0.29) is 11.8 Å². The zero-order valence-electron chi connectivity index (χ0n) is 10.3. The van der Waals surface area contributed by atoms with Gasteiger partial charge in [-0.2, -0.15) is 0 Å². The SMILES string of the molecule is CCc1nc(NC(C)=O)sc1-c1ccc([N+](=O)[O-])o1. The van der Waals surface area contributed by atoms with Crippen LogP contribution in [0.2, 0.25) is 0 Å². The molecule has 0 fully saturated rings. The molecule has 2 aromatic heterocycles. The summed E-state index contributed by atoms with van der Waals surface area (Å²) in [4.78, 5) is 25.9. The van der Waals surface area contributed by atoms with Crippen LogP contribution in [0.25, 0.3) is 10.6 Å². The number of carbonyl (C=O) groups is 1. The van der Waals surface area contributed by atoms with Gasteiger partial charge >= 0.3 is 5.88 Å². The summed E-state index contributed by atoms with van der Waals surface area (Å²) in [6, 6.07) is 2.83. The fourth-order valence-corrected chi connectivity index (χ4v) is 2.60. The van der Waals surface area contributed by atoms with Gasteiger partial charge in [0, 0.05) is 6.92 Å². The molecule has 0 radical (unpaired) electrons. The summed E-state index contributed by atoms with van der Waals surface area (Å²) in [6.07, 6.45) is 0.639. The third kappa shape index (κ3) is 2.79. The van der Waals surface area contributed by atoms with Crippen LogP contribution in [0.3, 0.4) is 0 Å². The molecule has 0 aromatic carbocycles. The summed E-state index contributed by atoms with van der Waals surface area (Å²) in [5.74, 6) is -0.141. The average molecular weight is 281 g/mol. The molecule has 0 aliphatic heterocycles. The Morgan fingerprint density at radius 1 is 1.58 bits per heavy atom. The van der Waals surface area contributed by atoms with Crippen molar-refractivity contribution in [3.63, 3.8) is 0 Å². The van der Waals surface area contributed by atoms with Crippen molar-refractivity contribution >= 4 is 28.3 Å². The van der Waals surface area contributed by atoms with E-state index < -0.39 is 4.92 Å². The Balaban J connectivity index is 2.39. The van der Waals surface area contributed by atoms with Gasteiger partial charge in [-0.3, -0.25) is 14.9 Å². The van der Waals surface area contributed by atoms with Gasteiger partial charge in [0.25, 0.3) is 0 Å². The number of hydrogen-bond acceptors (Lipinski definition) is 6. The number of aromatic nitrogens is 1. The van der Waals surface area contributed by atoms with E-state index >= 15 is 0 Å². The third-order valence-corrected chi connectivity index (χ3v) is 3.34. The normalized spacial score (nSPS) is 10.4. The van der Waals surface area contributed by atoms with Crippen molar-refractivity contribution < 1.29 is 14.1 Å². The van der Waals surface area contributed by atoms with Gasteiger partial charge in [-0.1, -0.05) is 18.3 Å². The van der Waals surface area contributed by atoms with E-state index in [1.807, 2.05) is 6.92 Å². The Morgan fingerprint density at radius 3 is 2.84 bits per heavy atom. The molecule has 1 N–H and O–H groups in total. The molecule has 19 heavy (non-hydrogen) atoms. The number of nitrogens with one attached hydrogen (secondary N) is 1. The van der Waals surface area contributed by atoms with Crippen LogP contribution >= 0.6 is 11.3 Å². The number of rotatable bonds is 4. The second-order valence-electron chi connectivity index (χ2n) is 3.72. The molecule has 0 atom stereocenters. The van der Waals surface area contributed by atoms with Crippen LogP contribution in [-0.4, -0.2) is 15.8 Å². The Kier molecular flexibility index (Phi) is 3.61. The van der Waals surface area contributed by atoms with Gasteiger partial charge in [0.15, 0.2) is 10.9 Å². The van der Waals surface area contributed by atoms with Crippen molar-refractivity contribution in [2.24, 2.45) is 0 Å². The minimum Gasteiger partial charge on any atom is -0.400 e. The smallest absolute Gasteiger partial charge is 0.400 e. The van der Waals surface area contributed by atoms with Crippen LogP contribution in [0, 0.1) is 10.1 Å². The summed E-state index contributed by atoms with van der Waals surface area (Å²) in [6.45, 7) is 3.30. The van der Waals surface area contributed by atoms with Crippen molar-refractivity contribution in [1.82, 2.24) is 4.98 Å². The average Bonchev–Trinajstić information content (AvgIpc) is 2.93. The van der Waals surface area contributed by atoms with E-state index in [2.05, 4.69) is 10.3 Å². The number of nitro groups is 1. The minimum absolute atomic E-state index is 0.214. The van der Waals surface area contributed by atoms with E-state index in [0.29, 0.717) is 22.2 Å². The van der Waals surface area contributed by atoms with Gasteiger partial charge in [0.05, 0.1) is 16.6 Å². The van der Waals surface area contributed by atoms with Crippen LogP contribution in [-0.2, 0) is 11.2 Å². The Labute approximate surface area is 112 Å².